The standard InChI is InChI=1S/C11H19NO3/c1-8(6-13)9(2)12-5-10-3-4-11(7-14)15-10/h3-4,8-9,12-14H,5-7H2,1-2H3. The highest BCUT2D eigenvalue weighted by molar-refractivity contribution is 5.06. The summed E-state index contributed by atoms with van der Waals surface area (Å²) in [6.45, 7) is 4.73. The lowest BCUT2D eigenvalue weighted by Gasteiger charge is -2.18. The predicted octanol–water partition coefficient (Wildman–Crippen LogP) is 0.878. The van der Waals surface area contributed by atoms with Gasteiger partial charge in [0.25, 0.3) is 0 Å². The summed E-state index contributed by atoms with van der Waals surface area (Å²) < 4.78 is 5.32. The minimum Gasteiger partial charge on any atom is -0.462 e. The number of aliphatic hydroxyl groups is 2. The van der Waals surface area contributed by atoms with Crippen LogP contribution < -0.4 is 5.32 Å². The van der Waals surface area contributed by atoms with Crippen LogP contribution in [0.15, 0.2) is 16.5 Å². The Bertz CT molecular complexity index is 285. The molecule has 0 aliphatic heterocycles. The van der Waals surface area contributed by atoms with Gasteiger partial charge in [-0.05, 0) is 25.0 Å². The third kappa shape index (κ3) is 3.66. The Hall–Kier alpha value is -0.840. The van der Waals surface area contributed by atoms with Gasteiger partial charge in [0.1, 0.15) is 18.1 Å². The highest BCUT2D eigenvalue weighted by atomic mass is 16.4. The number of nitrogens with one attached hydrogen (secondary N) is 1. The quantitative estimate of drug-likeness (QED) is 0.656. The summed E-state index contributed by atoms with van der Waals surface area (Å²) in [7, 11) is 0. The number of rotatable bonds is 6. The molecule has 0 saturated carbocycles. The Morgan fingerprint density at radius 1 is 1.27 bits per heavy atom. The van der Waals surface area contributed by atoms with Crippen molar-refractivity contribution in [1.82, 2.24) is 5.32 Å². The van der Waals surface area contributed by atoms with Crippen molar-refractivity contribution >= 4 is 0 Å². The zero-order valence-corrected chi connectivity index (χ0v) is 9.23. The van der Waals surface area contributed by atoms with Gasteiger partial charge in [0, 0.05) is 12.6 Å². The van der Waals surface area contributed by atoms with Crippen molar-refractivity contribution in [2.75, 3.05) is 6.61 Å². The van der Waals surface area contributed by atoms with Gasteiger partial charge < -0.3 is 19.9 Å². The third-order valence-corrected chi connectivity index (χ3v) is 2.61. The van der Waals surface area contributed by atoms with E-state index in [2.05, 4.69) is 5.32 Å². The summed E-state index contributed by atoms with van der Waals surface area (Å²) in [5.41, 5.74) is 0. The fourth-order valence-corrected chi connectivity index (χ4v) is 1.22. The first kappa shape index (κ1) is 12.2. The molecule has 0 aromatic carbocycles. The molecular weight excluding hydrogens is 194 g/mol. The first-order valence-corrected chi connectivity index (χ1v) is 5.20. The van der Waals surface area contributed by atoms with Crippen molar-refractivity contribution in [2.45, 2.75) is 33.0 Å². The summed E-state index contributed by atoms with van der Waals surface area (Å²) in [5.74, 6) is 1.60. The number of aliphatic hydroxyl groups excluding tert-OH is 2. The molecule has 0 aliphatic carbocycles. The van der Waals surface area contributed by atoms with Crippen molar-refractivity contribution in [3.63, 3.8) is 0 Å². The Balaban J connectivity index is 2.36. The van der Waals surface area contributed by atoms with Gasteiger partial charge >= 0.3 is 0 Å². The maximum absolute atomic E-state index is 8.95. The maximum Gasteiger partial charge on any atom is 0.129 e. The van der Waals surface area contributed by atoms with Gasteiger partial charge in [-0.15, -0.1) is 0 Å². The maximum atomic E-state index is 8.95. The molecule has 0 spiro atoms. The van der Waals surface area contributed by atoms with Crippen LogP contribution in [0.3, 0.4) is 0 Å². The second-order valence-electron chi connectivity index (χ2n) is 3.86. The molecule has 4 nitrogen and oxygen atoms in total. The van der Waals surface area contributed by atoms with Crippen LogP contribution in [0.4, 0.5) is 0 Å². The highest BCUT2D eigenvalue weighted by Crippen LogP contribution is 2.08. The van der Waals surface area contributed by atoms with Crippen molar-refractivity contribution in [3.8, 4) is 0 Å². The Kier molecular flexibility index (Phi) is 4.81. The molecule has 0 bridgehead atoms. The smallest absolute Gasteiger partial charge is 0.129 e. The predicted molar refractivity (Wildman–Crippen MR) is 57.2 cm³/mol. The molecule has 2 atom stereocenters. The van der Waals surface area contributed by atoms with Crippen LogP contribution in [0.1, 0.15) is 25.4 Å². The molecule has 4 heteroatoms. The average Bonchev–Trinajstić information content (AvgIpc) is 2.72. The van der Waals surface area contributed by atoms with Gasteiger partial charge in [0.05, 0.1) is 6.54 Å². The lowest BCUT2D eigenvalue weighted by Crippen LogP contribution is -2.33. The van der Waals surface area contributed by atoms with E-state index in [-0.39, 0.29) is 25.2 Å². The Morgan fingerprint density at radius 3 is 2.47 bits per heavy atom. The van der Waals surface area contributed by atoms with Crippen molar-refractivity contribution < 1.29 is 14.6 Å². The topological polar surface area (TPSA) is 65.6 Å². The highest BCUT2D eigenvalue weighted by Gasteiger charge is 2.10. The minimum atomic E-state index is -0.0669. The summed E-state index contributed by atoms with van der Waals surface area (Å²) >= 11 is 0. The van der Waals surface area contributed by atoms with E-state index in [9.17, 15) is 0 Å². The van der Waals surface area contributed by atoms with E-state index in [0.717, 1.165) is 5.76 Å². The van der Waals surface area contributed by atoms with Crippen LogP contribution >= 0.6 is 0 Å². The summed E-state index contributed by atoms with van der Waals surface area (Å²) in [6.07, 6.45) is 0. The van der Waals surface area contributed by atoms with Crippen LogP contribution in [0, 0.1) is 5.92 Å². The van der Waals surface area contributed by atoms with Gasteiger partial charge in [-0.3, -0.25) is 0 Å². The molecule has 1 aromatic rings. The van der Waals surface area contributed by atoms with Crippen LogP contribution in [0.5, 0.6) is 0 Å². The average molecular weight is 213 g/mol. The molecular formula is C11H19NO3. The minimum absolute atomic E-state index is 0.0669. The van der Waals surface area contributed by atoms with Crippen LogP contribution in [0.2, 0.25) is 0 Å². The van der Waals surface area contributed by atoms with E-state index in [4.69, 9.17) is 14.6 Å². The Morgan fingerprint density at radius 2 is 1.93 bits per heavy atom. The van der Waals surface area contributed by atoms with Gasteiger partial charge in [0.2, 0.25) is 0 Å². The summed E-state index contributed by atoms with van der Waals surface area (Å²) in [6, 6.07) is 3.84. The third-order valence-electron chi connectivity index (χ3n) is 2.61. The van der Waals surface area contributed by atoms with Crippen LogP contribution in [-0.4, -0.2) is 22.9 Å². The Labute approximate surface area is 89.9 Å². The molecule has 0 saturated heterocycles. The first-order chi connectivity index (χ1) is 7.17. The van der Waals surface area contributed by atoms with E-state index < -0.39 is 0 Å². The molecule has 0 radical (unpaired) electrons. The van der Waals surface area contributed by atoms with Gasteiger partial charge in [-0.25, -0.2) is 0 Å². The van der Waals surface area contributed by atoms with Crippen molar-refractivity contribution in [2.24, 2.45) is 5.92 Å². The molecule has 0 aliphatic rings. The number of hydrogen-bond donors (Lipinski definition) is 3. The SMILES string of the molecule is CC(CO)C(C)NCc1ccc(CO)o1. The number of furan rings is 1. The summed E-state index contributed by atoms with van der Waals surface area (Å²) in [4.78, 5) is 0. The van der Waals surface area contributed by atoms with E-state index in [1.165, 1.54) is 0 Å². The number of hydrogen-bond acceptors (Lipinski definition) is 4. The van der Waals surface area contributed by atoms with Crippen LogP contribution in [-0.2, 0) is 13.2 Å². The molecule has 15 heavy (non-hydrogen) atoms. The molecule has 1 heterocycles. The van der Waals surface area contributed by atoms with E-state index in [0.29, 0.717) is 12.3 Å². The van der Waals surface area contributed by atoms with E-state index in [1.54, 1.807) is 6.07 Å². The second kappa shape index (κ2) is 5.90. The lowest BCUT2D eigenvalue weighted by atomic mass is 10.1. The normalized spacial score (nSPS) is 15.2. The fraction of sp³-hybridized carbons (Fsp3) is 0.636. The van der Waals surface area contributed by atoms with Gasteiger partial charge in [-0.1, -0.05) is 6.92 Å². The molecule has 1 rings (SSSR count). The van der Waals surface area contributed by atoms with Gasteiger partial charge in [-0.2, -0.15) is 0 Å². The van der Waals surface area contributed by atoms with Gasteiger partial charge in [0.15, 0.2) is 0 Å². The molecule has 3 N–H and O–H groups in total. The van der Waals surface area contributed by atoms with Crippen LogP contribution in [0.25, 0.3) is 0 Å². The fourth-order valence-electron chi connectivity index (χ4n) is 1.22. The molecule has 2 unspecified atom stereocenters. The first-order valence-electron chi connectivity index (χ1n) is 5.20. The van der Waals surface area contributed by atoms with E-state index in [1.807, 2.05) is 19.9 Å². The second-order valence-corrected chi connectivity index (χ2v) is 3.86. The molecule has 1 aromatic heterocycles. The van der Waals surface area contributed by atoms with E-state index >= 15 is 0 Å². The van der Waals surface area contributed by atoms with Crippen molar-refractivity contribution in [1.29, 1.82) is 0 Å². The lowest BCUT2D eigenvalue weighted by molar-refractivity contribution is 0.204. The molecule has 0 fully saturated rings. The molecule has 86 valence electrons. The zero-order chi connectivity index (χ0) is 11.3. The summed E-state index contributed by atoms with van der Waals surface area (Å²) in [5, 5.41) is 21.0. The van der Waals surface area contributed by atoms with Crippen molar-refractivity contribution in [3.05, 3.63) is 23.7 Å². The largest absolute Gasteiger partial charge is 0.462 e. The monoisotopic (exact) mass is 213 g/mol. The zero-order valence-electron chi connectivity index (χ0n) is 9.23. The molecule has 0 amide bonds.